The van der Waals surface area contributed by atoms with Gasteiger partial charge in [0.2, 0.25) is 0 Å². The van der Waals surface area contributed by atoms with Gasteiger partial charge in [-0.2, -0.15) is 0 Å². The molecule has 2 heteroatoms. The number of rotatable bonds is 3. The van der Waals surface area contributed by atoms with Crippen molar-refractivity contribution < 1.29 is 5.73 Å². The van der Waals surface area contributed by atoms with Crippen molar-refractivity contribution in [2.24, 2.45) is 5.73 Å². The summed E-state index contributed by atoms with van der Waals surface area (Å²) in [7, 11) is 0. The Bertz CT molecular complexity index is 17.5. The lowest BCUT2D eigenvalue weighted by Gasteiger charge is -1.84. The minimum atomic E-state index is 0.815. The van der Waals surface area contributed by atoms with Gasteiger partial charge in [0, 0.05) is 0 Å². The van der Waals surface area contributed by atoms with E-state index < -0.39 is 0 Å². The highest BCUT2D eigenvalue weighted by molar-refractivity contribution is 4.34. The summed E-state index contributed by atoms with van der Waals surface area (Å²) in [6, 6.07) is 0. The van der Waals surface area contributed by atoms with Crippen molar-refractivity contribution in [2.75, 3.05) is 13.1 Å². The van der Waals surface area contributed by atoms with E-state index in [0.29, 0.717) is 0 Å². The minimum Gasteiger partial charge on any atom is -0.358 e. The van der Waals surface area contributed by atoms with Crippen LogP contribution in [0, 0.1) is 0 Å². The molecule has 38 valence electrons. The largest absolute Gasteiger partial charge is 0.358 e. The Morgan fingerprint density at radius 3 is 2.17 bits per heavy atom. The van der Waals surface area contributed by atoms with Gasteiger partial charge in [-0.15, -0.1) is 0 Å². The van der Waals surface area contributed by atoms with Crippen LogP contribution in [0.2, 0.25) is 0 Å². The number of hydrogen-bond donors (Lipinski definition) is 2. The van der Waals surface area contributed by atoms with Gasteiger partial charge in [-0.1, -0.05) is 0 Å². The van der Waals surface area contributed by atoms with Crippen LogP contribution in [0.15, 0.2) is 0 Å². The fourth-order valence-corrected chi connectivity index (χ4v) is 0.321. The van der Waals surface area contributed by atoms with E-state index in [-0.39, 0.29) is 0 Å². The molecule has 0 unspecified atom stereocenters. The summed E-state index contributed by atoms with van der Waals surface area (Å²) in [5.41, 5.74) is 8.85. The molecule has 0 saturated heterocycles. The second-order valence-electron chi connectivity index (χ2n) is 1.35. The van der Waals surface area contributed by atoms with E-state index in [9.17, 15) is 0 Å². The van der Waals surface area contributed by atoms with Gasteiger partial charge in [0.25, 0.3) is 0 Å². The zero-order chi connectivity index (χ0) is 4.83. The Labute approximate surface area is 38.5 Å². The molecule has 0 spiro atoms. The molecule has 0 atom stereocenters. The zero-order valence-electron chi connectivity index (χ0n) is 4.11. The van der Waals surface area contributed by atoms with Crippen molar-refractivity contribution in [3.63, 3.8) is 0 Å². The molecule has 0 amide bonds. The van der Waals surface area contributed by atoms with E-state index >= 15 is 0 Å². The van der Waals surface area contributed by atoms with Crippen LogP contribution in [0.4, 0.5) is 0 Å². The summed E-state index contributed by atoms with van der Waals surface area (Å²) < 4.78 is 0. The molecule has 0 aromatic heterocycles. The summed E-state index contributed by atoms with van der Waals surface area (Å²) >= 11 is 0. The number of unbranched alkanes of at least 4 members (excludes halogenated alkanes) is 1. The fraction of sp³-hybridized carbons (Fsp3) is 1.00. The Kier molecular flexibility index (Phi) is 4.85. The third-order valence-corrected chi connectivity index (χ3v) is 0.704. The summed E-state index contributed by atoms with van der Waals surface area (Å²) in [5, 5.41) is 0. The molecule has 0 aliphatic carbocycles. The third kappa shape index (κ3) is 3.92. The lowest BCUT2D eigenvalue weighted by molar-refractivity contribution is -0.368. The third-order valence-electron chi connectivity index (χ3n) is 0.704. The molecule has 0 bridgehead atoms. The molecule has 2 nitrogen and oxygen atoms in total. The zero-order valence-corrected chi connectivity index (χ0v) is 4.11. The van der Waals surface area contributed by atoms with Crippen molar-refractivity contribution in [1.82, 2.24) is 0 Å². The molecule has 0 fully saturated rings. The van der Waals surface area contributed by atoms with Crippen LogP contribution in [0.3, 0.4) is 0 Å². The van der Waals surface area contributed by atoms with Gasteiger partial charge >= 0.3 is 0 Å². The highest BCUT2D eigenvalue weighted by atomic mass is 14.5. The maximum Gasteiger partial charge on any atom is 0.0740 e. The maximum atomic E-state index is 5.19. The summed E-state index contributed by atoms with van der Waals surface area (Å²) in [6.07, 6.45) is 2.31. The first kappa shape index (κ1) is 5.92. The molecule has 0 radical (unpaired) electrons. The van der Waals surface area contributed by atoms with E-state index in [1.807, 2.05) is 0 Å². The maximum absolute atomic E-state index is 5.19. The number of quaternary nitrogens is 1. The second kappa shape index (κ2) is 4.92. The first-order valence-electron chi connectivity index (χ1n) is 2.41. The lowest BCUT2D eigenvalue weighted by Crippen LogP contribution is -2.50. The van der Waals surface area contributed by atoms with E-state index in [0.717, 1.165) is 19.5 Å². The average molecular weight is 89.2 g/mol. The normalized spacial score (nSPS) is 9.00. The molecule has 0 saturated carbocycles. The minimum absolute atomic E-state index is 0.815. The van der Waals surface area contributed by atoms with Gasteiger partial charge in [-0.05, 0) is 19.4 Å². The lowest BCUT2D eigenvalue weighted by atomic mass is 10.3. The molecule has 0 aliphatic rings. The predicted molar refractivity (Wildman–Crippen MR) is 26.0 cm³/mol. The SMILES string of the molecule is NCCCC[NH3+]. The van der Waals surface area contributed by atoms with Gasteiger partial charge in [-0.3, -0.25) is 0 Å². The molecule has 0 heterocycles. The van der Waals surface area contributed by atoms with Crippen molar-refractivity contribution in [2.45, 2.75) is 12.8 Å². The van der Waals surface area contributed by atoms with E-state index in [4.69, 9.17) is 5.73 Å². The Morgan fingerprint density at radius 1 is 1.33 bits per heavy atom. The van der Waals surface area contributed by atoms with Crippen molar-refractivity contribution in [1.29, 1.82) is 0 Å². The van der Waals surface area contributed by atoms with Crippen molar-refractivity contribution in [3.05, 3.63) is 0 Å². The topological polar surface area (TPSA) is 53.7 Å². The summed E-state index contributed by atoms with van der Waals surface area (Å²) in [4.78, 5) is 0. The van der Waals surface area contributed by atoms with Gasteiger partial charge in [0.05, 0.1) is 6.54 Å². The first-order valence-corrected chi connectivity index (χ1v) is 2.41. The molecule has 0 aromatic rings. The Hall–Kier alpha value is -0.0800. The van der Waals surface area contributed by atoms with E-state index in [1.165, 1.54) is 6.42 Å². The first-order chi connectivity index (χ1) is 2.91. The van der Waals surface area contributed by atoms with Crippen molar-refractivity contribution in [3.8, 4) is 0 Å². The van der Waals surface area contributed by atoms with E-state index in [2.05, 4.69) is 5.73 Å². The molecular weight excluding hydrogens is 76.1 g/mol. The van der Waals surface area contributed by atoms with Gasteiger partial charge in [0.15, 0.2) is 0 Å². The fourth-order valence-electron chi connectivity index (χ4n) is 0.321. The predicted octanol–water partition coefficient (Wildman–Crippen LogP) is -1.03. The van der Waals surface area contributed by atoms with Gasteiger partial charge < -0.3 is 11.5 Å². The van der Waals surface area contributed by atoms with Crippen LogP contribution in [-0.2, 0) is 0 Å². The Morgan fingerprint density at radius 2 is 2.00 bits per heavy atom. The summed E-state index contributed by atoms with van der Waals surface area (Å²) in [6.45, 7) is 1.84. The molecule has 0 rings (SSSR count). The standard InChI is InChI=1S/C4H12N2/c5-3-1-2-4-6/h1-6H2/p+1. The van der Waals surface area contributed by atoms with Crippen LogP contribution in [0.1, 0.15) is 12.8 Å². The molecular formula is C4H13N2+. The van der Waals surface area contributed by atoms with Crippen molar-refractivity contribution >= 4 is 0 Å². The van der Waals surface area contributed by atoms with Crippen LogP contribution in [0.5, 0.6) is 0 Å². The van der Waals surface area contributed by atoms with Crippen LogP contribution >= 0.6 is 0 Å². The second-order valence-corrected chi connectivity index (χ2v) is 1.35. The molecule has 0 aromatic carbocycles. The van der Waals surface area contributed by atoms with Gasteiger partial charge in [0.1, 0.15) is 0 Å². The summed E-state index contributed by atoms with van der Waals surface area (Å²) in [5.74, 6) is 0. The van der Waals surface area contributed by atoms with Gasteiger partial charge in [-0.25, -0.2) is 0 Å². The number of hydrogen-bond acceptors (Lipinski definition) is 1. The van der Waals surface area contributed by atoms with Crippen LogP contribution in [-0.4, -0.2) is 13.1 Å². The number of nitrogens with two attached hydrogens (primary N) is 1. The van der Waals surface area contributed by atoms with Crippen LogP contribution in [0.25, 0.3) is 0 Å². The van der Waals surface area contributed by atoms with Crippen LogP contribution < -0.4 is 11.5 Å². The average Bonchev–Trinajstić information content (AvgIpc) is 1.61. The Balaban J connectivity index is 2.34. The smallest absolute Gasteiger partial charge is 0.0740 e. The molecule has 0 aliphatic heterocycles. The van der Waals surface area contributed by atoms with E-state index in [1.54, 1.807) is 0 Å². The highest BCUT2D eigenvalue weighted by Crippen LogP contribution is 1.76. The molecule has 6 heavy (non-hydrogen) atoms. The quantitative estimate of drug-likeness (QED) is 0.427. The monoisotopic (exact) mass is 89.1 g/mol. The molecule has 5 N–H and O–H groups in total. The highest BCUT2D eigenvalue weighted by Gasteiger charge is 1.77.